The standard InChI is InChI=1S/C10H15IN2OS/c1-7(6-12)10(14)13-5-4-8-2-3-9(11)15-8/h2-3,7H,4-6,12H2,1H3,(H,13,14). The third-order valence-electron chi connectivity index (χ3n) is 2.10. The van der Waals surface area contributed by atoms with Gasteiger partial charge in [0, 0.05) is 23.9 Å². The van der Waals surface area contributed by atoms with Crippen LogP contribution in [0.2, 0.25) is 0 Å². The summed E-state index contributed by atoms with van der Waals surface area (Å²) in [6.45, 7) is 2.94. The average molecular weight is 338 g/mol. The van der Waals surface area contributed by atoms with Crippen molar-refractivity contribution >= 4 is 39.8 Å². The molecule has 0 aliphatic rings. The fourth-order valence-corrected chi connectivity index (χ4v) is 2.83. The summed E-state index contributed by atoms with van der Waals surface area (Å²) in [5, 5.41) is 2.88. The van der Waals surface area contributed by atoms with Crippen molar-refractivity contribution in [3.8, 4) is 0 Å². The van der Waals surface area contributed by atoms with Crippen molar-refractivity contribution < 1.29 is 4.79 Å². The third kappa shape index (κ3) is 4.48. The van der Waals surface area contributed by atoms with E-state index in [0.717, 1.165) is 6.42 Å². The lowest BCUT2D eigenvalue weighted by atomic mass is 10.1. The Morgan fingerprint density at radius 1 is 1.67 bits per heavy atom. The van der Waals surface area contributed by atoms with Crippen LogP contribution in [0.3, 0.4) is 0 Å². The van der Waals surface area contributed by atoms with Gasteiger partial charge in [-0.2, -0.15) is 0 Å². The van der Waals surface area contributed by atoms with Crippen LogP contribution in [0, 0.1) is 8.80 Å². The molecule has 1 heterocycles. The quantitative estimate of drug-likeness (QED) is 0.802. The number of nitrogens with one attached hydrogen (secondary N) is 1. The molecule has 1 amide bonds. The van der Waals surface area contributed by atoms with Gasteiger partial charge in [0.25, 0.3) is 0 Å². The first-order valence-electron chi connectivity index (χ1n) is 4.85. The summed E-state index contributed by atoms with van der Waals surface area (Å²) in [5.41, 5.74) is 5.40. The van der Waals surface area contributed by atoms with Gasteiger partial charge in [0.2, 0.25) is 5.91 Å². The first-order chi connectivity index (χ1) is 7.13. The molecule has 15 heavy (non-hydrogen) atoms. The van der Waals surface area contributed by atoms with E-state index in [9.17, 15) is 4.79 Å². The molecular formula is C10H15IN2OS. The molecule has 5 heteroatoms. The van der Waals surface area contributed by atoms with E-state index in [1.165, 1.54) is 7.76 Å². The van der Waals surface area contributed by atoms with Gasteiger partial charge in [-0.15, -0.1) is 11.3 Å². The first kappa shape index (κ1) is 12.9. The number of rotatable bonds is 5. The number of halogens is 1. The average Bonchev–Trinajstić information content (AvgIpc) is 2.63. The van der Waals surface area contributed by atoms with E-state index in [-0.39, 0.29) is 11.8 Å². The predicted octanol–water partition coefficient (Wildman–Crippen LogP) is 1.61. The van der Waals surface area contributed by atoms with Crippen molar-refractivity contribution in [2.24, 2.45) is 11.7 Å². The number of nitrogens with two attached hydrogens (primary N) is 1. The Hall–Kier alpha value is -0.140. The molecule has 1 aromatic rings. The highest BCUT2D eigenvalue weighted by Crippen LogP contribution is 2.18. The normalized spacial score (nSPS) is 12.5. The maximum atomic E-state index is 11.4. The number of hydrogen-bond donors (Lipinski definition) is 2. The van der Waals surface area contributed by atoms with Crippen LogP contribution in [0.4, 0.5) is 0 Å². The fourth-order valence-electron chi connectivity index (χ4n) is 1.08. The zero-order chi connectivity index (χ0) is 11.3. The Bertz CT molecular complexity index is 327. The minimum absolute atomic E-state index is 0.0451. The highest BCUT2D eigenvalue weighted by atomic mass is 127. The summed E-state index contributed by atoms with van der Waals surface area (Å²) in [7, 11) is 0. The van der Waals surface area contributed by atoms with Gasteiger partial charge in [0.05, 0.1) is 2.88 Å². The summed E-state index contributed by atoms with van der Waals surface area (Å²) in [6.07, 6.45) is 0.900. The van der Waals surface area contributed by atoms with E-state index in [1.54, 1.807) is 11.3 Å². The lowest BCUT2D eigenvalue weighted by Gasteiger charge is -2.08. The molecule has 1 rings (SSSR count). The topological polar surface area (TPSA) is 55.1 Å². The Morgan fingerprint density at radius 3 is 2.93 bits per heavy atom. The summed E-state index contributed by atoms with van der Waals surface area (Å²) < 4.78 is 1.28. The van der Waals surface area contributed by atoms with Crippen molar-refractivity contribution in [1.29, 1.82) is 0 Å². The number of thiophene rings is 1. The van der Waals surface area contributed by atoms with Crippen LogP contribution in [0.1, 0.15) is 11.8 Å². The monoisotopic (exact) mass is 338 g/mol. The van der Waals surface area contributed by atoms with Gasteiger partial charge in [-0.3, -0.25) is 4.79 Å². The van der Waals surface area contributed by atoms with Crippen LogP contribution < -0.4 is 11.1 Å². The van der Waals surface area contributed by atoms with Crippen LogP contribution in [0.25, 0.3) is 0 Å². The van der Waals surface area contributed by atoms with E-state index in [2.05, 4.69) is 40.0 Å². The molecule has 0 radical (unpaired) electrons. The largest absolute Gasteiger partial charge is 0.355 e. The number of carbonyl (C=O) groups excluding carboxylic acids is 1. The van der Waals surface area contributed by atoms with Crippen molar-refractivity contribution in [3.05, 3.63) is 19.9 Å². The number of amides is 1. The highest BCUT2D eigenvalue weighted by Gasteiger charge is 2.09. The molecule has 0 saturated heterocycles. The Labute approximate surface area is 108 Å². The van der Waals surface area contributed by atoms with Crippen LogP contribution in [-0.4, -0.2) is 19.0 Å². The summed E-state index contributed by atoms with van der Waals surface area (Å²) in [4.78, 5) is 12.7. The van der Waals surface area contributed by atoms with Crippen LogP contribution >= 0.6 is 33.9 Å². The smallest absolute Gasteiger partial charge is 0.224 e. The van der Waals surface area contributed by atoms with Crippen molar-refractivity contribution in [1.82, 2.24) is 5.32 Å². The van der Waals surface area contributed by atoms with Crippen LogP contribution in [0.5, 0.6) is 0 Å². The first-order valence-corrected chi connectivity index (χ1v) is 6.75. The number of hydrogen-bond acceptors (Lipinski definition) is 3. The van der Waals surface area contributed by atoms with Gasteiger partial charge in [-0.1, -0.05) is 6.92 Å². The second kappa shape index (κ2) is 6.44. The summed E-state index contributed by atoms with van der Waals surface area (Å²) in [5.74, 6) is -0.0442. The van der Waals surface area contributed by atoms with Gasteiger partial charge in [0.1, 0.15) is 0 Å². The molecule has 0 bridgehead atoms. The van der Waals surface area contributed by atoms with Crippen molar-refractivity contribution in [2.75, 3.05) is 13.1 Å². The molecule has 1 aromatic heterocycles. The summed E-state index contributed by atoms with van der Waals surface area (Å²) in [6, 6.07) is 4.19. The lowest BCUT2D eigenvalue weighted by molar-refractivity contribution is -0.124. The van der Waals surface area contributed by atoms with E-state index in [4.69, 9.17) is 5.73 Å². The van der Waals surface area contributed by atoms with E-state index in [0.29, 0.717) is 13.1 Å². The molecule has 1 atom stereocenters. The molecule has 0 saturated carbocycles. The molecular weight excluding hydrogens is 323 g/mol. The predicted molar refractivity (Wildman–Crippen MR) is 72.0 cm³/mol. The second-order valence-corrected chi connectivity index (χ2v) is 6.45. The molecule has 84 valence electrons. The molecule has 0 spiro atoms. The Morgan fingerprint density at radius 2 is 2.40 bits per heavy atom. The van der Waals surface area contributed by atoms with E-state index in [1.807, 2.05) is 6.92 Å². The van der Waals surface area contributed by atoms with Crippen molar-refractivity contribution in [3.63, 3.8) is 0 Å². The zero-order valence-electron chi connectivity index (χ0n) is 8.63. The maximum absolute atomic E-state index is 11.4. The highest BCUT2D eigenvalue weighted by molar-refractivity contribution is 14.1. The van der Waals surface area contributed by atoms with Crippen LogP contribution in [-0.2, 0) is 11.2 Å². The molecule has 1 unspecified atom stereocenters. The van der Waals surface area contributed by atoms with E-state index < -0.39 is 0 Å². The van der Waals surface area contributed by atoms with Gasteiger partial charge >= 0.3 is 0 Å². The van der Waals surface area contributed by atoms with Gasteiger partial charge in [-0.05, 0) is 41.1 Å². The van der Waals surface area contributed by atoms with Gasteiger partial charge < -0.3 is 11.1 Å². The minimum atomic E-state index is -0.0894. The second-order valence-electron chi connectivity index (χ2n) is 3.38. The molecule has 0 fully saturated rings. The van der Waals surface area contributed by atoms with Crippen molar-refractivity contribution in [2.45, 2.75) is 13.3 Å². The fraction of sp³-hybridized carbons (Fsp3) is 0.500. The molecule has 3 N–H and O–H groups in total. The zero-order valence-corrected chi connectivity index (χ0v) is 11.6. The molecule has 0 aliphatic carbocycles. The molecule has 0 aliphatic heterocycles. The van der Waals surface area contributed by atoms with E-state index >= 15 is 0 Å². The molecule has 0 aromatic carbocycles. The third-order valence-corrected chi connectivity index (χ3v) is 4.05. The van der Waals surface area contributed by atoms with Gasteiger partial charge in [-0.25, -0.2) is 0 Å². The Kier molecular flexibility index (Phi) is 5.55. The van der Waals surface area contributed by atoms with Gasteiger partial charge in [0.15, 0.2) is 0 Å². The lowest BCUT2D eigenvalue weighted by Crippen LogP contribution is -2.34. The maximum Gasteiger partial charge on any atom is 0.224 e. The number of carbonyl (C=O) groups is 1. The molecule has 3 nitrogen and oxygen atoms in total. The van der Waals surface area contributed by atoms with Crippen LogP contribution in [0.15, 0.2) is 12.1 Å². The summed E-state index contributed by atoms with van der Waals surface area (Å²) >= 11 is 4.06. The Balaban J connectivity index is 2.24. The SMILES string of the molecule is CC(CN)C(=O)NCCc1ccc(I)s1. The minimum Gasteiger partial charge on any atom is -0.355 e.